The molecule has 96 valence electrons. The maximum atomic E-state index is 13.0. The molecule has 0 saturated carbocycles. The number of nitrogens with zero attached hydrogens (tertiary/aromatic N) is 1. The molecule has 0 amide bonds. The first-order valence-corrected chi connectivity index (χ1v) is 6.60. The average Bonchev–Trinajstić information content (AvgIpc) is 2.82. The zero-order chi connectivity index (χ0) is 13.0. The van der Waals surface area contributed by atoms with E-state index in [0.29, 0.717) is 13.2 Å². The van der Waals surface area contributed by atoms with Gasteiger partial charge in [-0.25, -0.2) is 9.37 Å². The summed E-state index contributed by atoms with van der Waals surface area (Å²) in [5.74, 6) is -0.422. The summed E-state index contributed by atoms with van der Waals surface area (Å²) in [6.07, 6.45) is 0. The lowest BCUT2D eigenvalue weighted by Crippen LogP contribution is -2.06. The van der Waals surface area contributed by atoms with Crippen LogP contribution in [0.1, 0.15) is 0 Å². The lowest BCUT2D eigenvalue weighted by molar-refractivity contribution is 0.211. The molecule has 18 heavy (non-hydrogen) atoms. The highest BCUT2D eigenvalue weighted by Crippen LogP contribution is 2.27. The van der Waals surface area contributed by atoms with Gasteiger partial charge in [0.2, 0.25) is 0 Å². The van der Waals surface area contributed by atoms with Gasteiger partial charge in [0.1, 0.15) is 5.82 Å². The smallest absolute Gasteiger partial charge is 0.183 e. The van der Waals surface area contributed by atoms with Gasteiger partial charge in [-0.15, -0.1) is 11.3 Å². The predicted octanol–water partition coefficient (Wildman–Crippen LogP) is 3.66. The van der Waals surface area contributed by atoms with E-state index in [1.165, 1.54) is 17.4 Å². The Balaban J connectivity index is 2.11. The minimum absolute atomic E-state index is 0.106. The van der Waals surface area contributed by atoms with Crippen molar-refractivity contribution in [3.63, 3.8) is 0 Å². The van der Waals surface area contributed by atoms with Crippen LogP contribution in [-0.4, -0.2) is 25.2 Å². The Morgan fingerprint density at radius 1 is 1.50 bits per heavy atom. The van der Waals surface area contributed by atoms with Crippen LogP contribution >= 0.6 is 22.9 Å². The van der Waals surface area contributed by atoms with E-state index >= 15 is 0 Å². The molecule has 1 aromatic carbocycles. The van der Waals surface area contributed by atoms with Gasteiger partial charge in [0.25, 0.3) is 0 Å². The van der Waals surface area contributed by atoms with Gasteiger partial charge in [0, 0.05) is 24.6 Å². The zero-order valence-electron chi connectivity index (χ0n) is 9.74. The van der Waals surface area contributed by atoms with Crippen molar-refractivity contribution in [1.29, 1.82) is 0 Å². The van der Waals surface area contributed by atoms with Gasteiger partial charge < -0.3 is 10.1 Å². The van der Waals surface area contributed by atoms with E-state index in [2.05, 4.69) is 10.3 Å². The largest absolute Gasteiger partial charge is 0.383 e. The highest BCUT2D eigenvalue weighted by Gasteiger charge is 2.07. The summed E-state index contributed by atoms with van der Waals surface area (Å²) in [5, 5.41) is 5.95. The van der Waals surface area contributed by atoms with Crippen molar-refractivity contribution in [1.82, 2.24) is 4.98 Å². The van der Waals surface area contributed by atoms with Gasteiger partial charge in [-0.05, 0) is 18.2 Å². The van der Waals surface area contributed by atoms with Gasteiger partial charge in [-0.2, -0.15) is 0 Å². The number of methoxy groups -OCH3 is 1. The normalized spacial score (nSPS) is 10.6. The van der Waals surface area contributed by atoms with E-state index in [1.807, 2.05) is 5.38 Å². The van der Waals surface area contributed by atoms with Gasteiger partial charge in [-0.1, -0.05) is 11.6 Å². The second-order valence-electron chi connectivity index (χ2n) is 3.59. The molecule has 6 heteroatoms. The fourth-order valence-corrected chi connectivity index (χ4v) is 2.33. The Morgan fingerprint density at radius 3 is 3.06 bits per heavy atom. The Hall–Kier alpha value is -1.17. The molecular weight excluding hydrogens is 275 g/mol. The SMILES string of the molecule is COCCNc1nc(-c2ccc(F)c(Cl)c2)cs1. The quantitative estimate of drug-likeness (QED) is 0.852. The van der Waals surface area contributed by atoms with E-state index in [9.17, 15) is 4.39 Å². The lowest BCUT2D eigenvalue weighted by atomic mass is 10.2. The summed E-state index contributed by atoms with van der Waals surface area (Å²) in [4.78, 5) is 4.39. The molecule has 3 nitrogen and oxygen atoms in total. The van der Waals surface area contributed by atoms with Crippen LogP contribution < -0.4 is 5.32 Å². The predicted molar refractivity (Wildman–Crippen MR) is 72.9 cm³/mol. The molecule has 1 aromatic heterocycles. The Morgan fingerprint density at radius 2 is 2.33 bits per heavy atom. The molecule has 0 saturated heterocycles. The van der Waals surface area contributed by atoms with Crippen molar-refractivity contribution in [2.75, 3.05) is 25.6 Å². The van der Waals surface area contributed by atoms with Gasteiger partial charge in [-0.3, -0.25) is 0 Å². The second-order valence-corrected chi connectivity index (χ2v) is 4.85. The standard InChI is InChI=1S/C12H12ClFN2OS/c1-17-5-4-15-12-16-11(7-18-12)8-2-3-10(14)9(13)6-8/h2-3,6-7H,4-5H2,1H3,(H,15,16). The second kappa shape index (κ2) is 6.13. The molecule has 0 radical (unpaired) electrons. The van der Waals surface area contributed by atoms with E-state index in [1.54, 1.807) is 19.2 Å². The third kappa shape index (κ3) is 3.19. The van der Waals surface area contributed by atoms with Gasteiger partial charge >= 0.3 is 0 Å². The Kier molecular flexibility index (Phi) is 4.52. The number of anilines is 1. The van der Waals surface area contributed by atoms with E-state index in [0.717, 1.165) is 16.4 Å². The summed E-state index contributed by atoms with van der Waals surface area (Å²) in [6, 6.07) is 4.58. The van der Waals surface area contributed by atoms with Crippen molar-refractivity contribution in [2.45, 2.75) is 0 Å². The number of ether oxygens (including phenoxy) is 1. The third-order valence-electron chi connectivity index (χ3n) is 2.30. The number of thiazole rings is 1. The summed E-state index contributed by atoms with van der Waals surface area (Å²) in [5.41, 5.74) is 1.58. The van der Waals surface area contributed by atoms with Crippen LogP contribution in [0.5, 0.6) is 0 Å². The highest BCUT2D eigenvalue weighted by atomic mass is 35.5. The summed E-state index contributed by atoms with van der Waals surface area (Å²) >= 11 is 7.23. The van der Waals surface area contributed by atoms with Crippen LogP contribution in [0, 0.1) is 5.82 Å². The topological polar surface area (TPSA) is 34.1 Å². The molecule has 0 aliphatic rings. The first-order chi connectivity index (χ1) is 8.70. The lowest BCUT2D eigenvalue weighted by Gasteiger charge is -2.01. The third-order valence-corrected chi connectivity index (χ3v) is 3.39. The molecule has 2 aromatic rings. The maximum absolute atomic E-state index is 13.0. The molecule has 0 aliphatic carbocycles. The zero-order valence-corrected chi connectivity index (χ0v) is 11.3. The minimum Gasteiger partial charge on any atom is -0.383 e. The molecular formula is C12H12ClFN2OS. The molecule has 1 heterocycles. The number of halogens is 2. The number of benzene rings is 1. The molecule has 0 fully saturated rings. The van der Waals surface area contributed by atoms with Crippen LogP contribution in [0.4, 0.5) is 9.52 Å². The summed E-state index contributed by atoms with van der Waals surface area (Å²) in [7, 11) is 1.65. The van der Waals surface area contributed by atoms with Crippen molar-refractivity contribution in [3.8, 4) is 11.3 Å². The number of nitrogens with one attached hydrogen (secondary N) is 1. The molecule has 0 bridgehead atoms. The first-order valence-electron chi connectivity index (χ1n) is 5.34. The monoisotopic (exact) mass is 286 g/mol. The van der Waals surface area contributed by atoms with E-state index in [-0.39, 0.29) is 5.02 Å². The number of aromatic nitrogens is 1. The first kappa shape index (κ1) is 13.3. The molecule has 1 N–H and O–H groups in total. The Bertz CT molecular complexity index is 533. The number of hydrogen-bond donors (Lipinski definition) is 1. The average molecular weight is 287 g/mol. The van der Waals surface area contributed by atoms with Crippen molar-refractivity contribution >= 4 is 28.1 Å². The van der Waals surface area contributed by atoms with E-state index in [4.69, 9.17) is 16.3 Å². The van der Waals surface area contributed by atoms with Crippen LogP contribution in [0.25, 0.3) is 11.3 Å². The molecule has 0 spiro atoms. The van der Waals surface area contributed by atoms with Crippen molar-refractivity contribution in [3.05, 3.63) is 34.4 Å². The summed E-state index contributed by atoms with van der Waals surface area (Å²) in [6.45, 7) is 1.32. The highest BCUT2D eigenvalue weighted by molar-refractivity contribution is 7.14. The van der Waals surface area contributed by atoms with Gasteiger partial charge in [0.15, 0.2) is 5.13 Å². The molecule has 0 atom stereocenters. The maximum Gasteiger partial charge on any atom is 0.183 e. The molecule has 0 unspecified atom stereocenters. The van der Waals surface area contributed by atoms with Gasteiger partial charge in [0.05, 0.1) is 17.3 Å². The van der Waals surface area contributed by atoms with Crippen molar-refractivity contribution < 1.29 is 9.13 Å². The number of rotatable bonds is 5. The van der Waals surface area contributed by atoms with Crippen LogP contribution in [0.3, 0.4) is 0 Å². The molecule has 0 aliphatic heterocycles. The molecule has 2 rings (SSSR count). The van der Waals surface area contributed by atoms with Crippen molar-refractivity contribution in [2.24, 2.45) is 0 Å². The van der Waals surface area contributed by atoms with E-state index < -0.39 is 5.82 Å². The number of hydrogen-bond acceptors (Lipinski definition) is 4. The van der Waals surface area contributed by atoms with Crippen LogP contribution in [0.15, 0.2) is 23.6 Å². The minimum atomic E-state index is -0.422. The fourth-order valence-electron chi connectivity index (χ4n) is 1.40. The fraction of sp³-hybridized carbons (Fsp3) is 0.250. The Labute approximate surface area is 114 Å². The van der Waals surface area contributed by atoms with Crippen LogP contribution in [0.2, 0.25) is 5.02 Å². The van der Waals surface area contributed by atoms with Crippen LogP contribution in [-0.2, 0) is 4.74 Å². The summed E-state index contributed by atoms with van der Waals surface area (Å²) < 4.78 is 18.0.